The first-order valence-electron chi connectivity index (χ1n) is 4.85. The summed E-state index contributed by atoms with van der Waals surface area (Å²) >= 11 is 5.59. The number of amides is 1. The van der Waals surface area contributed by atoms with E-state index in [1.165, 1.54) is 18.2 Å². The minimum Gasteiger partial charge on any atom is -0.305 e. The summed E-state index contributed by atoms with van der Waals surface area (Å²) in [6.45, 7) is 1.79. The molecule has 0 bridgehead atoms. The Morgan fingerprint density at radius 3 is 2.94 bits per heavy atom. The molecule has 17 heavy (non-hydrogen) atoms. The number of aromatic nitrogens is 2. The van der Waals surface area contributed by atoms with Gasteiger partial charge in [-0.1, -0.05) is 17.7 Å². The maximum absolute atomic E-state index is 13.5. The number of anilines is 1. The lowest BCUT2D eigenvalue weighted by Gasteiger charge is -2.03. The molecule has 0 aliphatic heterocycles. The smallest absolute Gasteiger partial charge is 0.259 e. The highest BCUT2D eigenvalue weighted by Gasteiger charge is 2.14. The maximum atomic E-state index is 13.5. The number of aromatic amines is 1. The Bertz CT molecular complexity index is 568. The summed E-state index contributed by atoms with van der Waals surface area (Å²) in [6, 6.07) is 5.89. The van der Waals surface area contributed by atoms with Crippen molar-refractivity contribution < 1.29 is 9.18 Å². The molecule has 2 N–H and O–H groups in total. The molecule has 1 aromatic heterocycles. The van der Waals surface area contributed by atoms with Gasteiger partial charge in [0.2, 0.25) is 0 Å². The average molecular weight is 254 g/mol. The molecule has 4 nitrogen and oxygen atoms in total. The number of benzene rings is 1. The van der Waals surface area contributed by atoms with E-state index in [1.54, 1.807) is 13.0 Å². The van der Waals surface area contributed by atoms with Gasteiger partial charge in [0.05, 0.1) is 10.6 Å². The van der Waals surface area contributed by atoms with Crippen LogP contribution in [-0.4, -0.2) is 16.1 Å². The van der Waals surface area contributed by atoms with E-state index in [0.717, 1.165) is 5.69 Å². The van der Waals surface area contributed by atoms with E-state index in [-0.39, 0.29) is 10.6 Å². The summed E-state index contributed by atoms with van der Waals surface area (Å²) in [5.74, 6) is -0.984. The van der Waals surface area contributed by atoms with Gasteiger partial charge in [0.1, 0.15) is 0 Å². The Labute approximate surface area is 102 Å². The van der Waals surface area contributed by atoms with Crippen molar-refractivity contribution in [2.45, 2.75) is 6.92 Å². The summed E-state index contributed by atoms with van der Waals surface area (Å²) < 4.78 is 13.5. The van der Waals surface area contributed by atoms with Crippen molar-refractivity contribution in [2.75, 3.05) is 5.32 Å². The zero-order chi connectivity index (χ0) is 12.4. The number of rotatable bonds is 2. The summed E-state index contributed by atoms with van der Waals surface area (Å²) in [5.41, 5.74) is 0.685. The van der Waals surface area contributed by atoms with E-state index >= 15 is 0 Å². The van der Waals surface area contributed by atoms with Crippen molar-refractivity contribution >= 4 is 23.3 Å². The minimum atomic E-state index is -0.737. The molecule has 0 spiro atoms. The Kier molecular flexibility index (Phi) is 3.10. The van der Waals surface area contributed by atoms with Gasteiger partial charge < -0.3 is 5.32 Å². The van der Waals surface area contributed by atoms with Gasteiger partial charge in [-0.05, 0) is 19.1 Å². The van der Waals surface area contributed by atoms with Crippen LogP contribution in [0.4, 0.5) is 10.2 Å². The first-order valence-corrected chi connectivity index (χ1v) is 5.23. The highest BCUT2D eigenvalue weighted by Crippen LogP contribution is 2.18. The standard InChI is InChI=1S/C11H9ClFN3O/c1-6-5-9(16-15-6)14-11(17)7-3-2-4-8(12)10(7)13/h2-5H,1H3,(H2,14,15,16,17). The highest BCUT2D eigenvalue weighted by atomic mass is 35.5. The fraction of sp³-hybridized carbons (Fsp3) is 0.0909. The molecule has 0 aliphatic rings. The van der Waals surface area contributed by atoms with Gasteiger partial charge in [-0.15, -0.1) is 0 Å². The van der Waals surface area contributed by atoms with Gasteiger partial charge >= 0.3 is 0 Å². The van der Waals surface area contributed by atoms with Gasteiger partial charge in [0.25, 0.3) is 5.91 Å². The third-order valence-corrected chi connectivity index (χ3v) is 2.44. The lowest BCUT2D eigenvalue weighted by atomic mass is 10.2. The normalized spacial score (nSPS) is 10.3. The van der Waals surface area contributed by atoms with Gasteiger partial charge in [-0.2, -0.15) is 5.10 Å². The van der Waals surface area contributed by atoms with Crippen molar-refractivity contribution in [3.05, 3.63) is 46.4 Å². The first-order chi connectivity index (χ1) is 8.08. The van der Waals surface area contributed by atoms with Crippen LogP contribution in [-0.2, 0) is 0 Å². The topological polar surface area (TPSA) is 57.8 Å². The fourth-order valence-electron chi connectivity index (χ4n) is 1.34. The van der Waals surface area contributed by atoms with Gasteiger partial charge in [-0.3, -0.25) is 9.89 Å². The van der Waals surface area contributed by atoms with Crippen molar-refractivity contribution in [2.24, 2.45) is 0 Å². The van der Waals surface area contributed by atoms with Crippen LogP contribution >= 0.6 is 11.6 Å². The van der Waals surface area contributed by atoms with Crippen molar-refractivity contribution in [3.63, 3.8) is 0 Å². The first kappa shape index (κ1) is 11.6. The van der Waals surface area contributed by atoms with Crippen LogP contribution < -0.4 is 5.32 Å². The van der Waals surface area contributed by atoms with E-state index < -0.39 is 11.7 Å². The van der Waals surface area contributed by atoms with E-state index in [9.17, 15) is 9.18 Å². The Hall–Kier alpha value is -1.88. The number of nitrogens with one attached hydrogen (secondary N) is 2. The molecule has 0 unspecified atom stereocenters. The molecule has 2 aromatic rings. The second-order valence-electron chi connectivity index (χ2n) is 3.49. The molecule has 1 aromatic carbocycles. The molecule has 0 atom stereocenters. The Morgan fingerprint density at radius 1 is 1.53 bits per heavy atom. The summed E-state index contributed by atoms with van der Waals surface area (Å²) in [7, 11) is 0. The van der Waals surface area contributed by atoms with Crippen LogP contribution in [0.1, 0.15) is 16.1 Å². The van der Waals surface area contributed by atoms with Crippen LogP contribution in [0.5, 0.6) is 0 Å². The van der Waals surface area contributed by atoms with Gasteiger partial charge in [0, 0.05) is 11.8 Å². The molecular weight excluding hydrogens is 245 g/mol. The quantitative estimate of drug-likeness (QED) is 0.865. The van der Waals surface area contributed by atoms with E-state index in [0.29, 0.717) is 5.82 Å². The zero-order valence-electron chi connectivity index (χ0n) is 8.92. The van der Waals surface area contributed by atoms with Gasteiger partial charge in [-0.25, -0.2) is 4.39 Å². The molecule has 2 rings (SSSR count). The number of carbonyl (C=O) groups is 1. The second kappa shape index (κ2) is 4.55. The van der Waals surface area contributed by atoms with E-state index in [4.69, 9.17) is 11.6 Å². The molecule has 1 heterocycles. The molecular formula is C11H9ClFN3O. The monoisotopic (exact) mass is 253 g/mol. The van der Waals surface area contributed by atoms with Crippen LogP contribution in [0.15, 0.2) is 24.3 Å². The highest BCUT2D eigenvalue weighted by molar-refractivity contribution is 6.31. The number of halogens is 2. The van der Waals surface area contributed by atoms with Crippen LogP contribution in [0.25, 0.3) is 0 Å². The second-order valence-corrected chi connectivity index (χ2v) is 3.90. The molecule has 0 fully saturated rings. The third-order valence-electron chi connectivity index (χ3n) is 2.14. The predicted octanol–water partition coefficient (Wildman–Crippen LogP) is 2.76. The molecule has 1 amide bonds. The summed E-state index contributed by atoms with van der Waals surface area (Å²) in [6.07, 6.45) is 0. The van der Waals surface area contributed by atoms with E-state index in [1.807, 2.05) is 0 Å². The number of carbonyl (C=O) groups excluding carboxylic acids is 1. The molecule has 88 valence electrons. The van der Waals surface area contributed by atoms with Crippen molar-refractivity contribution in [1.29, 1.82) is 0 Å². The van der Waals surface area contributed by atoms with Crippen molar-refractivity contribution in [1.82, 2.24) is 10.2 Å². The number of hydrogen-bond acceptors (Lipinski definition) is 2. The Morgan fingerprint density at radius 2 is 2.29 bits per heavy atom. The molecule has 0 aliphatic carbocycles. The minimum absolute atomic E-state index is 0.0872. The Balaban J connectivity index is 2.23. The average Bonchev–Trinajstić information content (AvgIpc) is 2.68. The van der Waals surface area contributed by atoms with Crippen LogP contribution in [0.3, 0.4) is 0 Å². The summed E-state index contributed by atoms with van der Waals surface area (Å²) in [5, 5.41) is 8.87. The maximum Gasteiger partial charge on any atom is 0.259 e. The van der Waals surface area contributed by atoms with Crippen molar-refractivity contribution in [3.8, 4) is 0 Å². The lowest BCUT2D eigenvalue weighted by Crippen LogP contribution is -2.14. The SMILES string of the molecule is Cc1cc(NC(=O)c2cccc(Cl)c2F)n[nH]1. The molecule has 0 saturated heterocycles. The number of hydrogen-bond donors (Lipinski definition) is 2. The predicted molar refractivity (Wildman–Crippen MR) is 62.7 cm³/mol. The molecule has 0 radical (unpaired) electrons. The third kappa shape index (κ3) is 2.45. The van der Waals surface area contributed by atoms with Crippen LogP contribution in [0.2, 0.25) is 5.02 Å². The molecule has 0 saturated carbocycles. The zero-order valence-corrected chi connectivity index (χ0v) is 9.68. The van der Waals surface area contributed by atoms with Crippen LogP contribution in [0, 0.1) is 12.7 Å². The summed E-state index contributed by atoms with van der Waals surface area (Å²) in [4.78, 5) is 11.7. The number of nitrogens with zero attached hydrogens (tertiary/aromatic N) is 1. The molecule has 6 heteroatoms. The largest absolute Gasteiger partial charge is 0.305 e. The number of aryl methyl sites for hydroxylation is 1. The fourth-order valence-corrected chi connectivity index (χ4v) is 1.52. The number of H-pyrrole nitrogens is 1. The van der Waals surface area contributed by atoms with Gasteiger partial charge in [0.15, 0.2) is 11.6 Å². The lowest BCUT2D eigenvalue weighted by molar-refractivity contribution is 0.102. The van der Waals surface area contributed by atoms with E-state index in [2.05, 4.69) is 15.5 Å².